The number of hydrogen-bond donors (Lipinski definition) is 3. The van der Waals surface area contributed by atoms with Crippen LogP contribution in [0.15, 0.2) is 41.3 Å². The topological polar surface area (TPSA) is 69.9 Å². The molecule has 1 atom stereocenters. The Kier molecular flexibility index (Phi) is 2.91. The summed E-state index contributed by atoms with van der Waals surface area (Å²) in [6.07, 6.45) is -0.167. The van der Waals surface area contributed by atoms with Gasteiger partial charge in [0.1, 0.15) is 29.1 Å². The number of ether oxygens (including phenoxy) is 1. The first-order valence-corrected chi connectivity index (χ1v) is 6.76. The molecule has 3 rings (SSSR count). The first-order chi connectivity index (χ1) is 9.13. The lowest BCUT2D eigenvalue weighted by Crippen LogP contribution is -2.14. The Morgan fingerprint density at radius 1 is 1.00 bits per heavy atom. The lowest BCUT2D eigenvalue weighted by Gasteiger charge is -2.26. The molecule has 4 nitrogen and oxygen atoms in total. The van der Waals surface area contributed by atoms with E-state index in [1.165, 1.54) is 23.9 Å². The van der Waals surface area contributed by atoms with Crippen molar-refractivity contribution in [1.29, 1.82) is 0 Å². The van der Waals surface area contributed by atoms with E-state index in [2.05, 4.69) is 0 Å². The average molecular weight is 276 g/mol. The maximum atomic E-state index is 9.74. The van der Waals surface area contributed by atoms with Gasteiger partial charge in [-0.3, -0.25) is 0 Å². The quantitative estimate of drug-likeness (QED) is 0.747. The number of hydrogen-bond acceptors (Lipinski definition) is 5. The van der Waals surface area contributed by atoms with Crippen molar-refractivity contribution in [3.63, 3.8) is 0 Å². The van der Waals surface area contributed by atoms with Gasteiger partial charge >= 0.3 is 0 Å². The third kappa shape index (κ3) is 2.29. The van der Waals surface area contributed by atoms with Gasteiger partial charge in [-0.2, -0.15) is 0 Å². The van der Waals surface area contributed by atoms with Crippen LogP contribution in [0.25, 0.3) is 0 Å². The lowest BCUT2D eigenvalue weighted by molar-refractivity contribution is 0.217. The average Bonchev–Trinajstić information content (AvgIpc) is 2.38. The Morgan fingerprint density at radius 2 is 1.74 bits per heavy atom. The summed E-state index contributed by atoms with van der Waals surface area (Å²) < 4.78 is 5.80. The van der Waals surface area contributed by atoms with Crippen LogP contribution >= 0.6 is 11.8 Å². The van der Waals surface area contributed by atoms with Crippen molar-refractivity contribution in [2.45, 2.75) is 11.0 Å². The van der Waals surface area contributed by atoms with E-state index in [9.17, 15) is 15.3 Å². The van der Waals surface area contributed by atoms with Crippen LogP contribution in [0.5, 0.6) is 23.0 Å². The molecule has 0 aromatic heterocycles. The van der Waals surface area contributed by atoms with E-state index >= 15 is 0 Å². The number of fused-ring (bicyclic) bond motifs is 1. The lowest BCUT2D eigenvalue weighted by atomic mass is 10.1. The molecule has 1 heterocycles. The van der Waals surface area contributed by atoms with Crippen molar-refractivity contribution in [1.82, 2.24) is 0 Å². The van der Waals surface area contributed by atoms with Crippen LogP contribution in [-0.4, -0.2) is 21.1 Å². The zero-order chi connectivity index (χ0) is 13.4. The van der Waals surface area contributed by atoms with Crippen LogP contribution in [0.1, 0.15) is 11.7 Å². The number of rotatable bonds is 1. The molecule has 3 N–H and O–H groups in total. The van der Waals surface area contributed by atoms with Gasteiger partial charge in [0.05, 0.1) is 4.90 Å². The second-order valence-electron chi connectivity index (χ2n) is 4.30. The van der Waals surface area contributed by atoms with Crippen molar-refractivity contribution >= 4 is 11.8 Å². The first-order valence-electron chi connectivity index (χ1n) is 5.78. The minimum atomic E-state index is -0.167. The van der Waals surface area contributed by atoms with Crippen LogP contribution < -0.4 is 4.74 Å². The molecule has 0 bridgehead atoms. The minimum Gasteiger partial charge on any atom is -0.508 e. The van der Waals surface area contributed by atoms with E-state index in [0.29, 0.717) is 16.4 Å². The fourth-order valence-corrected chi connectivity index (χ4v) is 3.04. The summed E-state index contributed by atoms with van der Waals surface area (Å²) in [7, 11) is 0. The SMILES string of the molecule is Oc1ccc(C2CSc3c(O)cc(O)cc3O2)cc1. The molecule has 0 radical (unpaired) electrons. The van der Waals surface area contributed by atoms with Gasteiger partial charge in [0.25, 0.3) is 0 Å². The third-order valence-corrected chi connectivity index (χ3v) is 4.10. The van der Waals surface area contributed by atoms with Gasteiger partial charge < -0.3 is 20.1 Å². The molecule has 2 aromatic rings. The maximum absolute atomic E-state index is 9.74. The molecule has 98 valence electrons. The van der Waals surface area contributed by atoms with Crippen LogP contribution in [-0.2, 0) is 0 Å². The number of phenols is 3. The minimum absolute atomic E-state index is 0.0248. The molecule has 0 amide bonds. The van der Waals surface area contributed by atoms with E-state index in [-0.39, 0.29) is 23.4 Å². The van der Waals surface area contributed by atoms with Gasteiger partial charge in [0.2, 0.25) is 0 Å². The van der Waals surface area contributed by atoms with Gasteiger partial charge in [0.15, 0.2) is 0 Å². The van der Waals surface area contributed by atoms with Crippen LogP contribution in [0, 0.1) is 0 Å². The molecule has 0 aliphatic carbocycles. The number of benzene rings is 2. The fraction of sp³-hybridized carbons (Fsp3) is 0.143. The summed E-state index contributed by atoms with van der Waals surface area (Å²) in [5.74, 6) is 1.36. The molecular formula is C14H12O4S. The summed E-state index contributed by atoms with van der Waals surface area (Å²) in [6.45, 7) is 0. The molecule has 1 unspecified atom stereocenters. The van der Waals surface area contributed by atoms with Gasteiger partial charge in [0, 0.05) is 17.9 Å². The van der Waals surface area contributed by atoms with Crippen molar-refractivity contribution in [2.75, 3.05) is 5.75 Å². The number of aromatic hydroxyl groups is 3. The number of phenolic OH excluding ortho intramolecular Hbond substituents is 3. The standard InChI is InChI=1S/C14H12O4S/c15-9-3-1-8(2-4-9)13-7-19-14-11(17)5-10(16)6-12(14)18-13/h1-6,13,15-17H,7H2. The highest BCUT2D eigenvalue weighted by atomic mass is 32.2. The van der Waals surface area contributed by atoms with E-state index in [4.69, 9.17) is 4.74 Å². The van der Waals surface area contributed by atoms with E-state index in [1.807, 2.05) is 0 Å². The maximum Gasteiger partial charge on any atom is 0.141 e. The second-order valence-corrected chi connectivity index (χ2v) is 5.33. The molecule has 5 heteroatoms. The predicted octanol–water partition coefficient (Wildman–Crippen LogP) is 3.03. The fourth-order valence-electron chi connectivity index (χ4n) is 2.01. The Labute approximate surface area is 114 Å². The van der Waals surface area contributed by atoms with Crippen LogP contribution in [0.4, 0.5) is 0 Å². The molecule has 2 aromatic carbocycles. The molecule has 0 spiro atoms. The van der Waals surface area contributed by atoms with Crippen LogP contribution in [0.3, 0.4) is 0 Å². The summed E-state index contributed by atoms with van der Waals surface area (Å²) in [5.41, 5.74) is 0.943. The smallest absolute Gasteiger partial charge is 0.141 e. The third-order valence-electron chi connectivity index (χ3n) is 2.93. The summed E-state index contributed by atoms with van der Waals surface area (Å²) in [6, 6.07) is 9.62. The van der Waals surface area contributed by atoms with Gasteiger partial charge in [-0.05, 0) is 17.7 Å². The highest BCUT2D eigenvalue weighted by Gasteiger charge is 2.24. The largest absolute Gasteiger partial charge is 0.508 e. The Bertz CT molecular complexity index is 610. The normalized spacial score (nSPS) is 17.6. The number of thioether (sulfide) groups is 1. The molecule has 1 aliphatic heterocycles. The zero-order valence-corrected chi connectivity index (χ0v) is 10.7. The Morgan fingerprint density at radius 3 is 2.47 bits per heavy atom. The van der Waals surface area contributed by atoms with Gasteiger partial charge in [-0.25, -0.2) is 0 Å². The Balaban J connectivity index is 1.91. The molecule has 0 fully saturated rings. The zero-order valence-electron chi connectivity index (χ0n) is 9.91. The molecular weight excluding hydrogens is 264 g/mol. The van der Waals surface area contributed by atoms with Gasteiger partial charge in [-0.15, -0.1) is 11.8 Å². The van der Waals surface area contributed by atoms with E-state index in [1.54, 1.807) is 24.3 Å². The summed E-state index contributed by atoms with van der Waals surface area (Å²) >= 11 is 1.48. The molecule has 1 aliphatic rings. The second kappa shape index (κ2) is 4.59. The Hall–Kier alpha value is -2.01. The summed E-state index contributed by atoms with van der Waals surface area (Å²) in [5, 5.41) is 28.5. The van der Waals surface area contributed by atoms with Crippen molar-refractivity contribution in [2.24, 2.45) is 0 Å². The monoisotopic (exact) mass is 276 g/mol. The van der Waals surface area contributed by atoms with Crippen molar-refractivity contribution < 1.29 is 20.1 Å². The molecule has 0 saturated heterocycles. The molecule has 19 heavy (non-hydrogen) atoms. The van der Waals surface area contributed by atoms with Gasteiger partial charge in [-0.1, -0.05) is 12.1 Å². The predicted molar refractivity (Wildman–Crippen MR) is 72.0 cm³/mol. The highest BCUT2D eigenvalue weighted by molar-refractivity contribution is 7.99. The van der Waals surface area contributed by atoms with E-state index < -0.39 is 0 Å². The van der Waals surface area contributed by atoms with Crippen molar-refractivity contribution in [3.05, 3.63) is 42.0 Å². The van der Waals surface area contributed by atoms with E-state index in [0.717, 1.165) is 5.56 Å². The van der Waals surface area contributed by atoms with Crippen LogP contribution in [0.2, 0.25) is 0 Å². The first kappa shape index (κ1) is 12.0. The summed E-state index contributed by atoms with van der Waals surface area (Å²) in [4.78, 5) is 0.646. The van der Waals surface area contributed by atoms with Crippen molar-refractivity contribution in [3.8, 4) is 23.0 Å². The highest BCUT2D eigenvalue weighted by Crippen LogP contribution is 2.47. The molecule has 0 saturated carbocycles.